The maximum absolute atomic E-state index is 13.7. The molecule has 0 heterocycles. The maximum Gasteiger partial charge on any atom is 0.410 e. The number of amides is 1. The fourth-order valence-corrected chi connectivity index (χ4v) is 10.4. The van der Waals surface area contributed by atoms with Gasteiger partial charge in [-0.1, -0.05) is 72.5 Å². The second-order valence-corrected chi connectivity index (χ2v) is 17.7. The summed E-state index contributed by atoms with van der Waals surface area (Å²) in [6.45, 7) is 15.0. The van der Waals surface area contributed by atoms with E-state index in [4.69, 9.17) is 16.2 Å². The third-order valence-corrected chi connectivity index (χ3v) is 14.0. The highest BCUT2D eigenvalue weighted by atomic mass is 19.3. The molecule has 278 valence electrons. The largest absolute Gasteiger partial charge is 0.446 e. The van der Waals surface area contributed by atoms with Gasteiger partial charge in [0.25, 0.3) is 5.92 Å². The van der Waals surface area contributed by atoms with Crippen LogP contribution in [0.15, 0.2) is 11.6 Å². The van der Waals surface area contributed by atoms with Crippen molar-refractivity contribution in [1.29, 1.82) is 0 Å². The Morgan fingerprint density at radius 2 is 1.83 bits per heavy atom. The van der Waals surface area contributed by atoms with Crippen molar-refractivity contribution in [2.45, 2.75) is 150 Å². The standard InChI is InChI=1S/C40H72F2N4O2/c1-7-37(4,25-43)28-46(23-11-10-22-45-27-40(41,42)26-44)36(47)48-32-18-20-39(6)31(24-32)14-16-33-34-17-15-30(13-9-8-12-29(2)3)38(34,5)21-19-35(33)39/h14,29-30,32-35,45H,7-13,15-28,43-44H2,1-6H3/t30?,32?,33-,34?,35?,37?,38+,39-/m0/s1. The van der Waals surface area contributed by atoms with E-state index >= 15 is 0 Å². The molecule has 0 aromatic rings. The highest BCUT2D eigenvalue weighted by molar-refractivity contribution is 5.68. The molecule has 0 aromatic carbocycles. The van der Waals surface area contributed by atoms with Crippen LogP contribution in [0.5, 0.6) is 0 Å². The molecule has 48 heavy (non-hydrogen) atoms. The maximum atomic E-state index is 13.7. The second-order valence-electron chi connectivity index (χ2n) is 17.7. The quantitative estimate of drug-likeness (QED) is 0.0995. The average molecular weight is 679 g/mol. The van der Waals surface area contributed by atoms with Gasteiger partial charge in [0.1, 0.15) is 6.10 Å². The van der Waals surface area contributed by atoms with E-state index in [9.17, 15) is 13.6 Å². The molecule has 0 aliphatic heterocycles. The van der Waals surface area contributed by atoms with Crippen LogP contribution in [0.25, 0.3) is 0 Å². The fraction of sp³-hybridized carbons (Fsp3) is 0.925. The topological polar surface area (TPSA) is 93.6 Å². The number of nitrogens with zero attached hydrogens (tertiary/aromatic N) is 1. The highest BCUT2D eigenvalue weighted by Gasteiger charge is 2.58. The molecule has 0 radical (unpaired) electrons. The number of ether oxygens (including phenoxy) is 1. The van der Waals surface area contributed by atoms with Crippen LogP contribution in [0.1, 0.15) is 138 Å². The van der Waals surface area contributed by atoms with Crippen molar-refractivity contribution in [1.82, 2.24) is 10.2 Å². The average Bonchev–Trinajstić information content (AvgIpc) is 3.40. The van der Waals surface area contributed by atoms with E-state index < -0.39 is 19.0 Å². The van der Waals surface area contributed by atoms with E-state index in [1.165, 1.54) is 63.4 Å². The predicted octanol–water partition coefficient (Wildman–Crippen LogP) is 8.93. The molecule has 4 aliphatic rings. The summed E-state index contributed by atoms with van der Waals surface area (Å²) in [6, 6.07) is 0. The number of allylic oxidation sites excluding steroid dienone is 1. The Morgan fingerprint density at radius 3 is 2.52 bits per heavy atom. The summed E-state index contributed by atoms with van der Waals surface area (Å²) < 4.78 is 33.2. The molecular formula is C40H72F2N4O2. The zero-order valence-electron chi connectivity index (χ0n) is 31.6. The first kappa shape index (κ1) is 39.5. The summed E-state index contributed by atoms with van der Waals surface area (Å²) >= 11 is 0. The van der Waals surface area contributed by atoms with Gasteiger partial charge >= 0.3 is 6.09 Å². The Morgan fingerprint density at radius 1 is 1.06 bits per heavy atom. The molecule has 4 aliphatic carbocycles. The summed E-state index contributed by atoms with van der Waals surface area (Å²) in [4.78, 5) is 15.5. The van der Waals surface area contributed by atoms with Crippen LogP contribution < -0.4 is 16.8 Å². The van der Waals surface area contributed by atoms with Gasteiger partial charge in [-0.15, -0.1) is 0 Å². The van der Waals surface area contributed by atoms with Crippen molar-refractivity contribution in [2.75, 3.05) is 39.3 Å². The molecule has 1 amide bonds. The van der Waals surface area contributed by atoms with Crippen molar-refractivity contribution < 1.29 is 18.3 Å². The first-order valence-corrected chi connectivity index (χ1v) is 19.8. The first-order valence-electron chi connectivity index (χ1n) is 19.8. The number of alkyl halides is 2. The molecule has 0 bridgehead atoms. The van der Waals surface area contributed by atoms with Gasteiger partial charge in [-0.3, -0.25) is 0 Å². The summed E-state index contributed by atoms with van der Waals surface area (Å²) in [5.74, 6) is 1.22. The molecule has 8 heteroatoms. The smallest absolute Gasteiger partial charge is 0.410 e. The summed E-state index contributed by atoms with van der Waals surface area (Å²) in [5, 5.41) is 2.80. The van der Waals surface area contributed by atoms with Crippen molar-refractivity contribution in [3.8, 4) is 0 Å². The Bertz CT molecular complexity index is 1060. The van der Waals surface area contributed by atoms with Crippen LogP contribution in [-0.2, 0) is 4.74 Å². The van der Waals surface area contributed by atoms with Gasteiger partial charge in [-0.05, 0) is 130 Å². The van der Waals surface area contributed by atoms with Crippen LogP contribution in [0.4, 0.5) is 13.6 Å². The van der Waals surface area contributed by atoms with Crippen LogP contribution in [0, 0.1) is 45.8 Å². The predicted molar refractivity (Wildman–Crippen MR) is 194 cm³/mol. The van der Waals surface area contributed by atoms with Crippen LogP contribution in [0.3, 0.4) is 0 Å². The summed E-state index contributed by atoms with van der Waals surface area (Å²) in [6.07, 6.45) is 19.7. The van der Waals surface area contributed by atoms with Gasteiger partial charge in [0.2, 0.25) is 0 Å². The number of unbranched alkanes of at least 4 members (excludes halogenated alkanes) is 2. The van der Waals surface area contributed by atoms with E-state index in [1.807, 2.05) is 4.90 Å². The number of nitrogens with two attached hydrogens (primary N) is 2. The Kier molecular flexibility index (Phi) is 13.9. The van der Waals surface area contributed by atoms with Crippen LogP contribution in [-0.4, -0.2) is 62.3 Å². The lowest BCUT2D eigenvalue weighted by Crippen LogP contribution is -2.51. The number of halogens is 2. The second kappa shape index (κ2) is 16.8. The zero-order valence-corrected chi connectivity index (χ0v) is 31.6. The minimum atomic E-state index is -2.89. The number of hydrogen-bond donors (Lipinski definition) is 3. The molecular weight excluding hydrogens is 606 g/mol. The van der Waals surface area contributed by atoms with E-state index in [0.29, 0.717) is 44.4 Å². The molecule has 5 N–H and O–H groups in total. The number of carbonyl (C=O) groups excluding carboxylic acids is 1. The van der Waals surface area contributed by atoms with Gasteiger partial charge in [-0.2, -0.15) is 0 Å². The number of carbonyl (C=O) groups is 1. The molecule has 0 aromatic heterocycles. The molecule has 4 rings (SSSR count). The van der Waals surface area contributed by atoms with E-state index in [-0.39, 0.29) is 23.0 Å². The lowest BCUT2D eigenvalue weighted by molar-refractivity contribution is -0.0538. The Hall–Kier alpha value is -1.25. The van der Waals surface area contributed by atoms with Gasteiger partial charge in [0.05, 0.1) is 13.1 Å². The first-order chi connectivity index (χ1) is 22.7. The lowest BCUT2D eigenvalue weighted by atomic mass is 9.47. The molecule has 3 saturated carbocycles. The van der Waals surface area contributed by atoms with E-state index in [0.717, 1.165) is 55.3 Å². The number of hydrogen-bond acceptors (Lipinski definition) is 5. The molecule has 0 spiro atoms. The molecule has 8 atom stereocenters. The SMILES string of the molecule is CCC(C)(CN)CN(CCCCNCC(F)(F)CN)C(=O)OC1CC[C@@]2(C)C(=CC[C@H]3C4CCC(CCCCC(C)C)[C@@]4(C)CCC32)C1. The van der Waals surface area contributed by atoms with Crippen LogP contribution in [0.2, 0.25) is 0 Å². The minimum Gasteiger partial charge on any atom is -0.446 e. The van der Waals surface area contributed by atoms with Gasteiger partial charge < -0.3 is 26.4 Å². The lowest BCUT2D eigenvalue weighted by Gasteiger charge is -2.58. The Labute approximate surface area is 292 Å². The van der Waals surface area contributed by atoms with Crippen molar-refractivity contribution in [2.24, 2.45) is 57.3 Å². The van der Waals surface area contributed by atoms with Gasteiger partial charge in [0, 0.05) is 19.5 Å². The third-order valence-electron chi connectivity index (χ3n) is 14.0. The summed E-state index contributed by atoms with van der Waals surface area (Å²) in [7, 11) is 0. The van der Waals surface area contributed by atoms with Crippen molar-refractivity contribution in [3.63, 3.8) is 0 Å². The number of fused-ring (bicyclic) bond motifs is 5. The minimum absolute atomic E-state index is 0.0997. The molecule has 5 unspecified atom stereocenters. The monoisotopic (exact) mass is 679 g/mol. The van der Waals surface area contributed by atoms with Gasteiger partial charge in [0.15, 0.2) is 0 Å². The normalized spacial score (nSPS) is 33.0. The van der Waals surface area contributed by atoms with E-state index in [1.54, 1.807) is 0 Å². The number of rotatable bonds is 18. The molecule has 0 saturated heterocycles. The van der Waals surface area contributed by atoms with Gasteiger partial charge in [-0.25, -0.2) is 13.6 Å². The summed E-state index contributed by atoms with van der Waals surface area (Å²) in [5.41, 5.74) is 13.4. The fourth-order valence-electron chi connectivity index (χ4n) is 10.4. The molecule has 3 fully saturated rings. The van der Waals surface area contributed by atoms with Crippen LogP contribution >= 0.6 is 0 Å². The van der Waals surface area contributed by atoms with E-state index in [2.05, 4.69) is 52.9 Å². The third kappa shape index (κ3) is 9.34. The highest BCUT2D eigenvalue weighted by Crippen LogP contribution is 2.66. The molecule has 6 nitrogen and oxygen atoms in total. The van der Waals surface area contributed by atoms with Crippen molar-refractivity contribution in [3.05, 3.63) is 11.6 Å². The Balaban J connectivity index is 1.34. The zero-order chi connectivity index (χ0) is 35.2. The number of nitrogens with one attached hydrogen (secondary N) is 1. The van der Waals surface area contributed by atoms with Crippen molar-refractivity contribution >= 4 is 6.09 Å².